The first-order chi connectivity index (χ1) is 7.34. The number of rotatable bonds is 8. The fourth-order valence-corrected chi connectivity index (χ4v) is 2.25. The van der Waals surface area contributed by atoms with Crippen molar-refractivity contribution in [3.63, 3.8) is 0 Å². The fraction of sp³-hybridized carbons (Fsp3) is 1.00. The lowest BCUT2D eigenvalue weighted by Crippen LogP contribution is -2.35. The largest absolute Gasteiger partial charge is 0.385 e. The van der Waals surface area contributed by atoms with Gasteiger partial charge in [-0.1, -0.05) is 12.8 Å². The number of ether oxygens (including phenoxy) is 1. The highest BCUT2D eigenvalue weighted by molar-refractivity contribution is 4.75. The minimum Gasteiger partial charge on any atom is -0.385 e. The van der Waals surface area contributed by atoms with Gasteiger partial charge in [0.25, 0.3) is 0 Å². The molecule has 3 nitrogen and oxygen atoms in total. The van der Waals surface area contributed by atoms with Crippen molar-refractivity contribution in [3.05, 3.63) is 0 Å². The summed E-state index contributed by atoms with van der Waals surface area (Å²) < 4.78 is 5.00. The minimum absolute atomic E-state index is 0.853. The molecule has 0 aromatic heterocycles. The molecule has 0 atom stereocenters. The second kappa shape index (κ2) is 8.08. The van der Waals surface area contributed by atoms with E-state index in [1.165, 1.54) is 32.2 Å². The standard InChI is InChI=1S/C12H26N2O/c1-14(12-6-3-4-7-12)10-9-13-8-5-11-15-2/h12-13H,3-11H2,1-2H3. The Morgan fingerprint density at radius 2 is 2.00 bits per heavy atom. The Morgan fingerprint density at radius 1 is 1.27 bits per heavy atom. The third-order valence-electron chi connectivity index (χ3n) is 3.29. The lowest BCUT2D eigenvalue weighted by atomic mass is 10.2. The highest BCUT2D eigenvalue weighted by Crippen LogP contribution is 2.21. The third-order valence-corrected chi connectivity index (χ3v) is 3.29. The van der Waals surface area contributed by atoms with E-state index in [1.807, 2.05) is 0 Å². The van der Waals surface area contributed by atoms with Crippen molar-refractivity contribution < 1.29 is 4.74 Å². The molecule has 1 saturated carbocycles. The maximum absolute atomic E-state index is 5.00. The molecule has 1 rings (SSSR count). The fourth-order valence-electron chi connectivity index (χ4n) is 2.25. The molecule has 0 unspecified atom stereocenters. The molecule has 0 amide bonds. The molecule has 1 aliphatic rings. The van der Waals surface area contributed by atoms with Crippen molar-refractivity contribution in [2.75, 3.05) is 40.4 Å². The van der Waals surface area contributed by atoms with Gasteiger partial charge in [0.05, 0.1) is 0 Å². The Balaban J connectivity index is 1.90. The average Bonchev–Trinajstić information content (AvgIpc) is 2.76. The molecule has 90 valence electrons. The van der Waals surface area contributed by atoms with Crippen LogP contribution >= 0.6 is 0 Å². The summed E-state index contributed by atoms with van der Waals surface area (Å²) in [5.41, 5.74) is 0. The third kappa shape index (κ3) is 5.50. The number of hydrogen-bond acceptors (Lipinski definition) is 3. The maximum atomic E-state index is 5.00. The summed E-state index contributed by atoms with van der Waals surface area (Å²) in [6.07, 6.45) is 6.77. The second-order valence-electron chi connectivity index (χ2n) is 4.52. The van der Waals surface area contributed by atoms with Crippen molar-refractivity contribution in [1.29, 1.82) is 0 Å². The van der Waals surface area contributed by atoms with E-state index in [4.69, 9.17) is 4.74 Å². The van der Waals surface area contributed by atoms with Gasteiger partial charge in [0, 0.05) is 32.8 Å². The van der Waals surface area contributed by atoms with Gasteiger partial charge in [0.1, 0.15) is 0 Å². The van der Waals surface area contributed by atoms with E-state index in [0.29, 0.717) is 0 Å². The summed E-state index contributed by atoms with van der Waals surface area (Å²) in [6, 6.07) is 0.853. The molecule has 3 heteroatoms. The first-order valence-electron chi connectivity index (χ1n) is 6.24. The molecule has 0 aromatic rings. The van der Waals surface area contributed by atoms with Crippen molar-refractivity contribution in [1.82, 2.24) is 10.2 Å². The molecule has 0 saturated heterocycles. The SMILES string of the molecule is COCCCNCCN(C)C1CCCC1. The lowest BCUT2D eigenvalue weighted by molar-refractivity contribution is 0.193. The van der Waals surface area contributed by atoms with Gasteiger partial charge in [-0.3, -0.25) is 0 Å². The first kappa shape index (κ1) is 12.9. The van der Waals surface area contributed by atoms with E-state index in [2.05, 4.69) is 17.3 Å². The normalized spacial score (nSPS) is 17.8. The predicted octanol–water partition coefficient (Wildman–Crippen LogP) is 1.49. The van der Waals surface area contributed by atoms with E-state index in [1.54, 1.807) is 7.11 Å². The van der Waals surface area contributed by atoms with Crippen molar-refractivity contribution in [2.45, 2.75) is 38.1 Å². The Kier molecular flexibility index (Phi) is 6.98. The van der Waals surface area contributed by atoms with Crippen molar-refractivity contribution in [2.24, 2.45) is 0 Å². The van der Waals surface area contributed by atoms with Crippen LogP contribution in [0, 0.1) is 0 Å². The van der Waals surface area contributed by atoms with Crippen LogP contribution in [0.15, 0.2) is 0 Å². The summed E-state index contributed by atoms with van der Waals surface area (Å²) in [5.74, 6) is 0. The van der Waals surface area contributed by atoms with Gasteiger partial charge >= 0.3 is 0 Å². The molecule has 1 aliphatic carbocycles. The number of hydrogen-bond donors (Lipinski definition) is 1. The Bertz CT molecular complexity index is 147. The highest BCUT2D eigenvalue weighted by Gasteiger charge is 2.18. The number of methoxy groups -OCH3 is 1. The average molecular weight is 214 g/mol. The van der Waals surface area contributed by atoms with Gasteiger partial charge < -0.3 is 15.0 Å². The van der Waals surface area contributed by atoms with Crippen LogP contribution < -0.4 is 5.32 Å². The lowest BCUT2D eigenvalue weighted by Gasteiger charge is -2.23. The van der Waals surface area contributed by atoms with Crippen LogP contribution in [0.4, 0.5) is 0 Å². The van der Waals surface area contributed by atoms with Crippen LogP contribution in [0.2, 0.25) is 0 Å². The zero-order chi connectivity index (χ0) is 10.9. The van der Waals surface area contributed by atoms with Gasteiger partial charge in [0.15, 0.2) is 0 Å². The smallest absolute Gasteiger partial charge is 0.0474 e. The summed E-state index contributed by atoms with van der Waals surface area (Å²) in [4.78, 5) is 2.51. The molecule has 15 heavy (non-hydrogen) atoms. The molecular formula is C12H26N2O. The van der Waals surface area contributed by atoms with Crippen LogP contribution in [0.3, 0.4) is 0 Å². The van der Waals surface area contributed by atoms with Crippen LogP contribution in [0.25, 0.3) is 0 Å². The van der Waals surface area contributed by atoms with Gasteiger partial charge in [-0.25, -0.2) is 0 Å². The molecule has 0 heterocycles. The van der Waals surface area contributed by atoms with E-state index >= 15 is 0 Å². The van der Waals surface area contributed by atoms with Gasteiger partial charge in [0.2, 0.25) is 0 Å². The number of nitrogens with one attached hydrogen (secondary N) is 1. The first-order valence-corrected chi connectivity index (χ1v) is 6.24. The molecular weight excluding hydrogens is 188 g/mol. The van der Waals surface area contributed by atoms with Crippen molar-refractivity contribution >= 4 is 0 Å². The summed E-state index contributed by atoms with van der Waals surface area (Å²) in [6.45, 7) is 4.23. The minimum atomic E-state index is 0.853. The molecule has 0 bridgehead atoms. The molecule has 0 spiro atoms. The predicted molar refractivity (Wildman–Crippen MR) is 64.2 cm³/mol. The highest BCUT2D eigenvalue weighted by atomic mass is 16.5. The quantitative estimate of drug-likeness (QED) is 0.620. The van der Waals surface area contributed by atoms with Crippen LogP contribution in [-0.2, 0) is 4.74 Å². The van der Waals surface area contributed by atoms with E-state index in [-0.39, 0.29) is 0 Å². The molecule has 0 aromatic carbocycles. The second-order valence-corrected chi connectivity index (χ2v) is 4.52. The van der Waals surface area contributed by atoms with E-state index in [0.717, 1.165) is 32.2 Å². The van der Waals surface area contributed by atoms with Crippen LogP contribution in [0.5, 0.6) is 0 Å². The Morgan fingerprint density at radius 3 is 2.67 bits per heavy atom. The molecule has 0 aliphatic heterocycles. The topological polar surface area (TPSA) is 24.5 Å². The zero-order valence-electron chi connectivity index (χ0n) is 10.3. The Labute approximate surface area is 94.2 Å². The molecule has 0 radical (unpaired) electrons. The Hall–Kier alpha value is -0.120. The zero-order valence-corrected chi connectivity index (χ0v) is 10.3. The van der Waals surface area contributed by atoms with Crippen LogP contribution in [-0.4, -0.2) is 51.3 Å². The molecule has 1 N–H and O–H groups in total. The summed E-state index contributed by atoms with van der Waals surface area (Å²) in [5, 5.41) is 3.45. The number of likely N-dealkylation sites (N-methyl/N-ethyl adjacent to an activating group) is 1. The summed E-state index contributed by atoms with van der Waals surface area (Å²) >= 11 is 0. The monoisotopic (exact) mass is 214 g/mol. The van der Waals surface area contributed by atoms with E-state index in [9.17, 15) is 0 Å². The van der Waals surface area contributed by atoms with Gasteiger partial charge in [-0.05, 0) is 32.9 Å². The number of nitrogens with zero attached hydrogens (tertiary/aromatic N) is 1. The molecule has 1 fully saturated rings. The van der Waals surface area contributed by atoms with Gasteiger partial charge in [-0.2, -0.15) is 0 Å². The van der Waals surface area contributed by atoms with Crippen molar-refractivity contribution in [3.8, 4) is 0 Å². The maximum Gasteiger partial charge on any atom is 0.0474 e. The van der Waals surface area contributed by atoms with Crippen LogP contribution in [0.1, 0.15) is 32.1 Å². The van der Waals surface area contributed by atoms with E-state index < -0.39 is 0 Å². The summed E-state index contributed by atoms with van der Waals surface area (Å²) in [7, 11) is 4.01. The van der Waals surface area contributed by atoms with Gasteiger partial charge in [-0.15, -0.1) is 0 Å².